The van der Waals surface area contributed by atoms with Crippen molar-refractivity contribution in [2.75, 3.05) is 0 Å². The molecule has 0 heterocycles. The fourth-order valence-corrected chi connectivity index (χ4v) is 0. The Hall–Kier alpha value is 1.80. The molecule has 5 heavy (non-hydrogen) atoms. The first-order valence-corrected chi connectivity index (χ1v) is 3.00. The summed E-state index contributed by atoms with van der Waals surface area (Å²) >= 11 is 0. The van der Waals surface area contributed by atoms with Gasteiger partial charge < -0.3 is 0 Å². The minimum Gasteiger partial charge on any atom is -0.0304 e. The van der Waals surface area contributed by atoms with Crippen molar-refractivity contribution in [1.82, 2.24) is 0 Å². The Morgan fingerprint density at radius 3 is 1.20 bits per heavy atom. The SMILES string of the molecule is B[SiH3].[Co].[Fe].[Ni]. The molecule has 0 amide bonds. The maximum atomic E-state index is 2.14. The van der Waals surface area contributed by atoms with Crippen LogP contribution in [0.3, 0.4) is 0 Å². The first-order valence-electron chi connectivity index (χ1n) is 1.00. The summed E-state index contributed by atoms with van der Waals surface area (Å²) in [6, 6.07) is 0. The Kier molecular flexibility index (Phi) is 240. The van der Waals surface area contributed by atoms with Crippen LogP contribution in [0.1, 0.15) is 0 Å². The van der Waals surface area contributed by atoms with E-state index in [2.05, 4.69) is 7.44 Å². The van der Waals surface area contributed by atoms with Crippen LogP contribution in [0, 0.1) is 0 Å². The van der Waals surface area contributed by atoms with Crippen molar-refractivity contribution in [3.8, 4) is 0 Å². The molecule has 0 atom stereocenters. The Morgan fingerprint density at radius 2 is 1.20 bits per heavy atom. The van der Waals surface area contributed by atoms with E-state index in [0.717, 1.165) is 0 Å². The quantitative estimate of drug-likeness (QED) is 0.408. The van der Waals surface area contributed by atoms with Gasteiger partial charge in [0.15, 0.2) is 0 Å². The molecule has 39 valence electrons. The normalized spacial score (nSPS) is 1.60. The van der Waals surface area contributed by atoms with Gasteiger partial charge in [-0.3, -0.25) is 0 Å². The second-order valence-corrected chi connectivity index (χ2v) is 0. The van der Waals surface area contributed by atoms with Crippen molar-refractivity contribution in [2.45, 2.75) is 0 Å². The van der Waals surface area contributed by atoms with Gasteiger partial charge in [0, 0.05) is 50.3 Å². The molecule has 0 aliphatic rings. The zero-order chi connectivity index (χ0) is 2.00. The van der Waals surface area contributed by atoms with Gasteiger partial charge in [0.1, 0.15) is 0 Å². The van der Waals surface area contributed by atoms with Crippen molar-refractivity contribution >= 4 is 17.6 Å². The second kappa shape index (κ2) is 41.2. The first kappa shape index (κ1) is 29.2. The van der Waals surface area contributed by atoms with Crippen LogP contribution in [0.15, 0.2) is 0 Å². The van der Waals surface area contributed by atoms with Gasteiger partial charge >= 0.3 is 0 Å². The smallest absolute Gasteiger partial charge is 0.0304 e. The van der Waals surface area contributed by atoms with Gasteiger partial charge in [-0.1, -0.05) is 0 Å². The number of rotatable bonds is 0. The van der Waals surface area contributed by atoms with Gasteiger partial charge in [-0.2, -0.15) is 0 Å². The van der Waals surface area contributed by atoms with E-state index >= 15 is 0 Å². The van der Waals surface area contributed by atoms with E-state index in [1.165, 1.54) is 10.1 Å². The minimum atomic E-state index is 0. The van der Waals surface area contributed by atoms with Crippen LogP contribution in [0.4, 0.5) is 0 Å². The molecule has 0 saturated carbocycles. The molecule has 0 aromatic heterocycles. The maximum Gasteiger partial charge on any atom is 0.0852 e. The Morgan fingerprint density at radius 1 is 1.20 bits per heavy atom. The summed E-state index contributed by atoms with van der Waals surface area (Å²) < 4.78 is 0. The molecule has 0 spiro atoms. The summed E-state index contributed by atoms with van der Waals surface area (Å²) in [5.74, 6) is 0. The maximum absolute atomic E-state index is 2.14. The molecule has 0 rings (SSSR count). The van der Waals surface area contributed by atoms with Crippen molar-refractivity contribution < 1.29 is 50.3 Å². The predicted molar refractivity (Wildman–Crippen MR) is 18.5 cm³/mol. The van der Waals surface area contributed by atoms with Crippen molar-refractivity contribution in [2.24, 2.45) is 0 Å². The Bertz CT molecular complexity index is 11.6. The van der Waals surface area contributed by atoms with Gasteiger partial charge in [0.05, 0.1) is 7.44 Å². The molecular weight excluding hydrogens is 212 g/mol. The number of hydrogen-bond donors (Lipinski definition) is 0. The van der Waals surface area contributed by atoms with Crippen LogP contribution in [-0.4, -0.2) is 17.6 Å². The molecule has 0 N–H and O–H groups in total. The first-order chi connectivity index (χ1) is 1.00. The third kappa shape index (κ3) is 25.8. The Labute approximate surface area is 67.6 Å². The molecule has 0 aromatic rings. The zero-order valence-corrected chi connectivity index (χ0v) is 8.14. The molecular formula is H5BCoFeNiSi. The van der Waals surface area contributed by atoms with E-state index in [1.807, 2.05) is 0 Å². The molecule has 0 fully saturated rings. The molecule has 0 aliphatic heterocycles. The molecule has 1 radical (unpaired) electrons. The van der Waals surface area contributed by atoms with E-state index in [-0.39, 0.29) is 50.3 Å². The molecule has 0 aliphatic carbocycles. The zero-order valence-electron chi connectivity index (χ0n) is 3.00. The summed E-state index contributed by atoms with van der Waals surface area (Å²) in [6.45, 7) is 0. The van der Waals surface area contributed by atoms with Gasteiger partial charge in [-0.25, -0.2) is 0 Å². The van der Waals surface area contributed by atoms with Crippen molar-refractivity contribution in [1.29, 1.82) is 0 Å². The standard InChI is InChI=1S/BH5Si.Co.Fe.Ni/c1-2;;;/h1H2,2H3;;;. The summed E-state index contributed by atoms with van der Waals surface area (Å²) in [4.78, 5) is 0. The van der Waals surface area contributed by atoms with Crippen molar-refractivity contribution in [3.05, 3.63) is 0 Å². The fourth-order valence-electron chi connectivity index (χ4n) is 0. The van der Waals surface area contributed by atoms with E-state index in [1.54, 1.807) is 0 Å². The summed E-state index contributed by atoms with van der Waals surface area (Å²) in [7, 11) is 3.44. The summed E-state index contributed by atoms with van der Waals surface area (Å²) in [6.07, 6.45) is 0. The number of hydrogen-bond acceptors (Lipinski definition) is 0. The fraction of sp³-hybridized carbons (Fsp3) is 0. The van der Waals surface area contributed by atoms with Crippen LogP contribution in [-0.2, 0) is 50.3 Å². The molecule has 0 nitrogen and oxygen atoms in total. The largest absolute Gasteiger partial charge is 0.0852 e. The summed E-state index contributed by atoms with van der Waals surface area (Å²) in [5.41, 5.74) is 0. The molecule has 5 heteroatoms. The average molecular weight is 217 g/mol. The third-order valence-corrected chi connectivity index (χ3v) is 0. The third-order valence-electron chi connectivity index (χ3n) is 0. The average Bonchev–Trinajstić information content (AvgIpc) is 1.00. The monoisotopic (exact) mass is 217 g/mol. The van der Waals surface area contributed by atoms with Crippen LogP contribution in [0.5, 0.6) is 0 Å². The topological polar surface area (TPSA) is 0 Å². The van der Waals surface area contributed by atoms with E-state index < -0.39 is 0 Å². The second-order valence-electron chi connectivity index (χ2n) is 0. The van der Waals surface area contributed by atoms with Crippen LogP contribution >= 0.6 is 0 Å². The molecule has 0 saturated heterocycles. The van der Waals surface area contributed by atoms with Crippen LogP contribution in [0.25, 0.3) is 0 Å². The molecule has 0 aromatic carbocycles. The van der Waals surface area contributed by atoms with Gasteiger partial charge in [-0.05, 0) is 10.1 Å². The van der Waals surface area contributed by atoms with E-state index in [4.69, 9.17) is 0 Å². The minimum absolute atomic E-state index is 0. The molecule has 0 unspecified atom stereocenters. The van der Waals surface area contributed by atoms with Crippen LogP contribution < -0.4 is 0 Å². The predicted octanol–water partition coefficient (Wildman–Crippen LogP) is -2.11. The van der Waals surface area contributed by atoms with Crippen LogP contribution in [0.2, 0.25) is 0 Å². The van der Waals surface area contributed by atoms with Gasteiger partial charge in [-0.15, -0.1) is 0 Å². The summed E-state index contributed by atoms with van der Waals surface area (Å²) in [5, 5.41) is 0. The Balaban J connectivity index is -0.00000000167. The molecule has 0 bridgehead atoms. The van der Waals surface area contributed by atoms with Gasteiger partial charge in [0.2, 0.25) is 0 Å². The van der Waals surface area contributed by atoms with E-state index in [9.17, 15) is 0 Å². The van der Waals surface area contributed by atoms with Crippen molar-refractivity contribution in [3.63, 3.8) is 0 Å². The van der Waals surface area contributed by atoms with Gasteiger partial charge in [0.25, 0.3) is 0 Å². The van der Waals surface area contributed by atoms with E-state index in [0.29, 0.717) is 0 Å².